The van der Waals surface area contributed by atoms with Crippen molar-refractivity contribution in [3.63, 3.8) is 0 Å². The lowest BCUT2D eigenvalue weighted by Gasteiger charge is -2.42. The Bertz CT molecular complexity index is 1540. The molecule has 0 bridgehead atoms. The third-order valence-electron chi connectivity index (χ3n) is 9.16. The lowest BCUT2D eigenvalue weighted by Crippen LogP contribution is -2.48. The number of nitrogens with zero attached hydrogens (tertiary/aromatic N) is 5. The zero-order valence-corrected chi connectivity index (χ0v) is 28.6. The van der Waals surface area contributed by atoms with E-state index in [2.05, 4.69) is 20.9 Å². The van der Waals surface area contributed by atoms with Gasteiger partial charge in [-0.3, -0.25) is 14.8 Å². The number of pyridine rings is 2. The number of likely N-dealkylation sites (tertiary alicyclic amines) is 2. The molecule has 0 N–H and O–H groups in total. The number of hydrogen-bond donors (Lipinski definition) is 0. The van der Waals surface area contributed by atoms with Crippen molar-refractivity contribution in [1.82, 2.24) is 24.1 Å². The number of rotatable bonds is 15. The predicted molar refractivity (Wildman–Crippen MR) is 178 cm³/mol. The fourth-order valence-electron chi connectivity index (χ4n) is 6.60. The second kappa shape index (κ2) is 16.1. The van der Waals surface area contributed by atoms with Crippen molar-refractivity contribution in [3.05, 3.63) is 83.4 Å². The molecule has 2 aliphatic heterocycles. The van der Waals surface area contributed by atoms with Crippen LogP contribution in [0.5, 0.6) is 5.75 Å². The fraction of sp³-hybridized carbons (Fsp3) is 0.514. The normalized spacial score (nSPS) is 16.9. The molecule has 0 radical (unpaired) electrons. The highest BCUT2D eigenvalue weighted by atomic mass is 32.2. The molecule has 11 nitrogen and oxygen atoms in total. The van der Waals surface area contributed by atoms with Gasteiger partial charge in [0.1, 0.15) is 12.4 Å². The Morgan fingerprint density at radius 1 is 0.957 bits per heavy atom. The number of sulfonamides is 1. The minimum absolute atomic E-state index is 0.0621. The van der Waals surface area contributed by atoms with Gasteiger partial charge in [-0.15, -0.1) is 0 Å². The molecule has 2 aliphatic rings. The number of carbonyl (C=O) groups excluding carboxylic acids is 1. The maximum absolute atomic E-state index is 14.0. The standard InChI is InChI=1S/C35H47N5O6S/c1-28-22-32(44-3)23-29(2)34(28)47(42,43)40(26-30-8-6-12-36-24-30)19-20-45-27-33(41)39-16-10-35(11-17-39,31-9-7-13-37-25-31)46-21-18-38-14-4-5-15-38/h6-9,12-13,22-25H,4-5,10-11,14-21,26-27H2,1-3H3. The van der Waals surface area contributed by atoms with Gasteiger partial charge in [-0.25, -0.2) is 8.42 Å². The van der Waals surface area contributed by atoms with E-state index in [0.29, 0.717) is 49.4 Å². The van der Waals surface area contributed by atoms with Crippen LogP contribution in [-0.2, 0) is 36.4 Å². The average molecular weight is 666 g/mol. The molecule has 2 aromatic heterocycles. The summed E-state index contributed by atoms with van der Waals surface area (Å²) in [7, 11) is -2.35. The van der Waals surface area contributed by atoms with Crippen molar-refractivity contribution in [2.24, 2.45) is 0 Å². The van der Waals surface area contributed by atoms with E-state index in [1.807, 2.05) is 23.2 Å². The molecule has 0 atom stereocenters. The summed E-state index contributed by atoms with van der Waals surface area (Å²) in [5, 5.41) is 0. The number of benzene rings is 1. The number of aromatic nitrogens is 2. The molecule has 4 heterocycles. The van der Waals surface area contributed by atoms with E-state index in [4.69, 9.17) is 14.2 Å². The van der Waals surface area contributed by atoms with Crippen LogP contribution in [0.1, 0.15) is 47.9 Å². The second-order valence-corrected chi connectivity index (χ2v) is 14.2. The van der Waals surface area contributed by atoms with Crippen LogP contribution in [0.3, 0.4) is 0 Å². The zero-order valence-electron chi connectivity index (χ0n) is 27.8. The minimum atomic E-state index is -3.91. The van der Waals surface area contributed by atoms with E-state index in [1.54, 1.807) is 57.7 Å². The van der Waals surface area contributed by atoms with Gasteiger partial charge in [0, 0.05) is 63.1 Å². The van der Waals surface area contributed by atoms with Gasteiger partial charge in [0.2, 0.25) is 15.9 Å². The van der Waals surface area contributed by atoms with Gasteiger partial charge in [-0.2, -0.15) is 4.31 Å². The van der Waals surface area contributed by atoms with Gasteiger partial charge in [0.25, 0.3) is 0 Å². The highest BCUT2D eigenvalue weighted by Gasteiger charge is 2.39. The SMILES string of the molecule is COc1cc(C)c(S(=O)(=O)N(CCOCC(=O)N2CCC(OCCN3CCCC3)(c3cccnc3)CC2)Cc2cccnc2)c(C)c1. The first kappa shape index (κ1) is 34.9. The van der Waals surface area contributed by atoms with E-state index in [0.717, 1.165) is 30.8 Å². The molecule has 2 saturated heterocycles. The lowest BCUT2D eigenvalue weighted by molar-refractivity contribution is -0.144. The molecule has 3 aromatic rings. The molecule has 254 valence electrons. The lowest BCUT2D eigenvalue weighted by atomic mass is 9.85. The summed E-state index contributed by atoms with van der Waals surface area (Å²) in [6.45, 7) is 8.53. The molecule has 47 heavy (non-hydrogen) atoms. The molecule has 12 heteroatoms. The summed E-state index contributed by atoms with van der Waals surface area (Å²) >= 11 is 0. The number of amides is 1. The van der Waals surface area contributed by atoms with Crippen molar-refractivity contribution >= 4 is 15.9 Å². The Kier molecular flexibility index (Phi) is 12.0. The maximum Gasteiger partial charge on any atom is 0.248 e. The Morgan fingerprint density at radius 3 is 2.26 bits per heavy atom. The Labute approximate surface area is 278 Å². The van der Waals surface area contributed by atoms with E-state index in [1.165, 1.54) is 17.1 Å². The molecular formula is C35H47N5O6S. The van der Waals surface area contributed by atoms with Gasteiger partial charge in [0.15, 0.2) is 0 Å². The summed E-state index contributed by atoms with van der Waals surface area (Å²) in [6, 6.07) is 11.0. The van der Waals surface area contributed by atoms with Gasteiger partial charge in [0.05, 0.1) is 30.8 Å². The molecule has 1 amide bonds. The van der Waals surface area contributed by atoms with Gasteiger partial charge < -0.3 is 24.0 Å². The molecule has 0 saturated carbocycles. The molecule has 0 spiro atoms. The number of methoxy groups -OCH3 is 1. The van der Waals surface area contributed by atoms with Gasteiger partial charge in [-0.05, 0) is 93.6 Å². The van der Waals surface area contributed by atoms with Crippen LogP contribution in [0, 0.1) is 13.8 Å². The number of piperidine rings is 1. The van der Waals surface area contributed by atoms with Crippen molar-refractivity contribution in [2.75, 3.05) is 66.2 Å². The van der Waals surface area contributed by atoms with Crippen LogP contribution < -0.4 is 4.74 Å². The first-order chi connectivity index (χ1) is 22.7. The van der Waals surface area contributed by atoms with Crippen LogP contribution >= 0.6 is 0 Å². The summed E-state index contributed by atoms with van der Waals surface area (Å²) in [5.41, 5.74) is 2.51. The largest absolute Gasteiger partial charge is 0.497 e. The van der Waals surface area contributed by atoms with E-state index < -0.39 is 15.6 Å². The Morgan fingerprint density at radius 2 is 1.64 bits per heavy atom. The number of ether oxygens (including phenoxy) is 3. The van der Waals surface area contributed by atoms with E-state index >= 15 is 0 Å². The Hall–Kier alpha value is -3.42. The third-order valence-corrected chi connectivity index (χ3v) is 11.3. The highest BCUT2D eigenvalue weighted by Crippen LogP contribution is 2.37. The summed E-state index contributed by atoms with van der Waals surface area (Å²) in [6.07, 6.45) is 10.8. The second-order valence-electron chi connectivity index (χ2n) is 12.4. The fourth-order valence-corrected chi connectivity index (χ4v) is 8.43. The molecule has 2 fully saturated rings. The number of carbonyl (C=O) groups is 1. The van der Waals surface area contributed by atoms with Gasteiger partial charge in [-0.1, -0.05) is 12.1 Å². The zero-order chi connectivity index (χ0) is 33.3. The first-order valence-corrected chi connectivity index (χ1v) is 17.8. The summed E-state index contributed by atoms with van der Waals surface area (Å²) < 4.78 is 47.1. The molecule has 5 rings (SSSR count). The smallest absolute Gasteiger partial charge is 0.248 e. The van der Waals surface area contributed by atoms with Crippen LogP contribution in [-0.4, -0.2) is 105 Å². The van der Waals surface area contributed by atoms with Crippen LogP contribution in [0.2, 0.25) is 0 Å². The topological polar surface area (TPSA) is 114 Å². The van der Waals surface area contributed by atoms with Crippen LogP contribution in [0.4, 0.5) is 0 Å². The average Bonchev–Trinajstić information content (AvgIpc) is 3.60. The minimum Gasteiger partial charge on any atom is -0.497 e. The quantitative estimate of drug-likeness (QED) is 0.223. The van der Waals surface area contributed by atoms with Crippen molar-refractivity contribution in [2.45, 2.75) is 56.6 Å². The molecule has 0 aliphatic carbocycles. The van der Waals surface area contributed by atoms with E-state index in [9.17, 15) is 13.2 Å². The maximum atomic E-state index is 14.0. The monoisotopic (exact) mass is 665 g/mol. The van der Waals surface area contributed by atoms with E-state index in [-0.39, 0.29) is 37.1 Å². The highest BCUT2D eigenvalue weighted by molar-refractivity contribution is 7.89. The van der Waals surface area contributed by atoms with Crippen molar-refractivity contribution < 1.29 is 27.4 Å². The van der Waals surface area contributed by atoms with Crippen molar-refractivity contribution in [3.8, 4) is 5.75 Å². The number of hydrogen-bond acceptors (Lipinski definition) is 9. The molecule has 1 aromatic carbocycles. The Balaban J connectivity index is 1.18. The molecular weight excluding hydrogens is 618 g/mol. The van der Waals surface area contributed by atoms with Crippen LogP contribution in [0.15, 0.2) is 66.1 Å². The summed E-state index contributed by atoms with van der Waals surface area (Å²) in [5.74, 6) is 0.481. The van der Waals surface area contributed by atoms with Crippen molar-refractivity contribution in [1.29, 1.82) is 0 Å². The van der Waals surface area contributed by atoms with Gasteiger partial charge >= 0.3 is 0 Å². The summed E-state index contributed by atoms with van der Waals surface area (Å²) in [4.78, 5) is 26.2. The third kappa shape index (κ3) is 8.74. The first-order valence-electron chi connectivity index (χ1n) is 16.4. The number of aryl methyl sites for hydroxylation is 2. The molecule has 0 unspecified atom stereocenters. The predicted octanol–water partition coefficient (Wildman–Crippen LogP) is 3.94. The van der Waals surface area contributed by atoms with Crippen LogP contribution in [0.25, 0.3) is 0 Å².